The fourth-order valence-electron chi connectivity index (χ4n) is 3.41. The number of hydrogen-bond acceptors (Lipinski definition) is 4. The first-order valence-electron chi connectivity index (χ1n) is 9.21. The molecular weight excluding hydrogens is 343 g/mol. The van der Waals surface area contributed by atoms with Crippen molar-refractivity contribution in [2.75, 3.05) is 13.1 Å². The van der Waals surface area contributed by atoms with Crippen LogP contribution in [0.2, 0.25) is 0 Å². The van der Waals surface area contributed by atoms with Gasteiger partial charge in [0, 0.05) is 30.1 Å². The summed E-state index contributed by atoms with van der Waals surface area (Å²) in [5, 5.41) is 19.9. The Morgan fingerprint density at radius 1 is 1.37 bits per heavy atom. The molecule has 140 valence electrons. The molecule has 4 N–H and O–H groups in total. The van der Waals surface area contributed by atoms with Gasteiger partial charge >= 0.3 is 0 Å². The van der Waals surface area contributed by atoms with E-state index in [0.29, 0.717) is 54.2 Å². The van der Waals surface area contributed by atoms with Gasteiger partial charge in [-0.3, -0.25) is 5.41 Å². The van der Waals surface area contributed by atoms with Crippen molar-refractivity contribution < 1.29 is 4.39 Å². The van der Waals surface area contributed by atoms with Crippen molar-refractivity contribution in [1.82, 2.24) is 20.2 Å². The molecule has 1 aromatic heterocycles. The van der Waals surface area contributed by atoms with Gasteiger partial charge in [-0.1, -0.05) is 12.1 Å². The highest BCUT2D eigenvalue weighted by molar-refractivity contribution is 6.00. The molecule has 0 unspecified atom stereocenters. The van der Waals surface area contributed by atoms with Crippen LogP contribution in [0.25, 0.3) is 11.3 Å². The van der Waals surface area contributed by atoms with Crippen molar-refractivity contribution >= 4 is 12.1 Å². The van der Waals surface area contributed by atoms with Crippen LogP contribution in [0.3, 0.4) is 0 Å². The average molecular weight is 366 g/mol. The number of aromatic nitrogens is 2. The summed E-state index contributed by atoms with van der Waals surface area (Å²) in [7, 11) is 0. The molecule has 7 heteroatoms. The maximum Gasteiger partial charge on any atom is 0.147 e. The molecule has 4 rings (SSSR count). The highest BCUT2D eigenvalue weighted by Crippen LogP contribution is 2.28. The van der Waals surface area contributed by atoms with E-state index in [1.165, 1.54) is 12.3 Å². The predicted molar refractivity (Wildman–Crippen MR) is 104 cm³/mol. The second kappa shape index (κ2) is 6.98. The second-order valence-electron chi connectivity index (χ2n) is 7.11. The summed E-state index contributed by atoms with van der Waals surface area (Å²) in [6.45, 7) is 3.01. The van der Waals surface area contributed by atoms with Crippen LogP contribution in [0.1, 0.15) is 30.8 Å². The molecule has 2 aromatic rings. The SMILES string of the molecule is Cc1nc(-c2ccccc2F)c(C(=N)N2CCC(C=N)=C(NC3CC3)C2)[nH]1. The van der Waals surface area contributed by atoms with Gasteiger partial charge in [0.25, 0.3) is 0 Å². The van der Waals surface area contributed by atoms with Crippen molar-refractivity contribution in [3.05, 3.63) is 52.9 Å². The van der Waals surface area contributed by atoms with Crippen LogP contribution >= 0.6 is 0 Å². The van der Waals surface area contributed by atoms with Gasteiger partial charge in [-0.25, -0.2) is 9.37 Å². The Bertz CT molecular complexity index is 924. The van der Waals surface area contributed by atoms with Gasteiger partial charge < -0.3 is 20.6 Å². The predicted octanol–water partition coefficient (Wildman–Crippen LogP) is 3.21. The van der Waals surface area contributed by atoms with E-state index in [1.807, 2.05) is 11.8 Å². The molecular formula is C20H23FN6. The smallest absolute Gasteiger partial charge is 0.147 e. The Morgan fingerprint density at radius 3 is 2.85 bits per heavy atom. The van der Waals surface area contributed by atoms with E-state index in [-0.39, 0.29) is 5.82 Å². The third-order valence-electron chi connectivity index (χ3n) is 5.02. The molecule has 6 nitrogen and oxygen atoms in total. The van der Waals surface area contributed by atoms with Gasteiger partial charge in [-0.15, -0.1) is 0 Å². The van der Waals surface area contributed by atoms with Crippen LogP contribution < -0.4 is 5.32 Å². The maximum atomic E-state index is 14.3. The Hall–Kier alpha value is -2.96. The highest BCUT2D eigenvalue weighted by Gasteiger charge is 2.28. The number of halogens is 1. The summed E-state index contributed by atoms with van der Waals surface area (Å²) >= 11 is 0. The van der Waals surface area contributed by atoms with E-state index in [1.54, 1.807) is 18.2 Å². The molecule has 1 saturated carbocycles. The zero-order valence-corrected chi connectivity index (χ0v) is 15.3. The van der Waals surface area contributed by atoms with Gasteiger partial charge in [0.1, 0.15) is 28.9 Å². The number of imidazole rings is 1. The number of nitrogens with one attached hydrogen (secondary N) is 4. The summed E-state index contributed by atoms with van der Waals surface area (Å²) in [6, 6.07) is 7.00. The van der Waals surface area contributed by atoms with E-state index in [0.717, 1.165) is 24.1 Å². The van der Waals surface area contributed by atoms with Crippen LogP contribution in [0.4, 0.5) is 4.39 Å². The molecule has 27 heavy (non-hydrogen) atoms. The summed E-state index contributed by atoms with van der Waals surface area (Å²) in [6.07, 6.45) is 4.44. The summed E-state index contributed by atoms with van der Waals surface area (Å²) < 4.78 is 14.3. The molecule has 1 aliphatic carbocycles. The van der Waals surface area contributed by atoms with Gasteiger partial charge in [0.2, 0.25) is 0 Å². The molecule has 1 aromatic carbocycles. The Balaban J connectivity index is 1.63. The number of rotatable bonds is 5. The monoisotopic (exact) mass is 366 g/mol. The zero-order valence-electron chi connectivity index (χ0n) is 15.3. The van der Waals surface area contributed by atoms with Crippen molar-refractivity contribution in [3.63, 3.8) is 0 Å². The molecule has 2 heterocycles. The van der Waals surface area contributed by atoms with Crippen LogP contribution in [0.5, 0.6) is 0 Å². The lowest BCUT2D eigenvalue weighted by Crippen LogP contribution is -2.41. The molecule has 0 spiro atoms. The molecule has 0 amide bonds. The number of aryl methyl sites for hydroxylation is 1. The standard InChI is InChI=1S/C20H23FN6/c1-12-24-18(15-4-2-3-5-16(15)21)19(25-12)20(23)27-9-8-13(10-22)17(11-27)26-14-6-7-14/h2-5,10,14,22-23,26H,6-9,11H2,1H3,(H,24,25). The van der Waals surface area contributed by atoms with Gasteiger partial charge in [-0.05, 0) is 43.9 Å². The number of nitrogens with zero attached hydrogens (tertiary/aromatic N) is 2. The molecule has 0 radical (unpaired) electrons. The lowest BCUT2D eigenvalue weighted by atomic mass is 10.0. The molecule has 0 atom stereocenters. The van der Waals surface area contributed by atoms with Crippen molar-refractivity contribution in [2.45, 2.75) is 32.2 Å². The Morgan fingerprint density at radius 2 is 2.15 bits per heavy atom. The number of aromatic amines is 1. The summed E-state index contributed by atoms with van der Waals surface area (Å²) in [4.78, 5) is 9.53. The normalized spacial score (nSPS) is 17.2. The van der Waals surface area contributed by atoms with Crippen molar-refractivity contribution in [1.29, 1.82) is 10.8 Å². The third kappa shape index (κ3) is 3.49. The number of benzene rings is 1. The fraction of sp³-hybridized carbons (Fsp3) is 0.350. The van der Waals surface area contributed by atoms with E-state index in [4.69, 9.17) is 10.8 Å². The minimum atomic E-state index is -0.348. The first kappa shape index (κ1) is 17.5. The van der Waals surface area contributed by atoms with Crippen molar-refractivity contribution in [3.8, 4) is 11.3 Å². The molecule has 1 fully saturated rings. The highest BCUT2D eigenvalue weighted by atomic mass is 19.1. The molecule has 0 saturated heterocycles. The Labute approximate surface area is 157 Å². The summed E-state index contributed by atoms with van der Waals surface area (Å²) in [5.74, 6) is 0.601. The van der Waals surface area contributed by atoms with E-state index in [2.05, 4.69) is 15.3 Å². The van der Waals surface area contributed by atoms with Crippen LogP contribution in [0, 0.1) is 23.6 Å². The van der Waals surface area contributed by atoms with Crippen molar-refractivity contribution in [2.24, 2.45) is 0 Å². The average Bonchev–Trinajstić information content (AvgIpc) is 3.40. The number of hydrogen-bond donors (Lipinski definition) is 4. The first-order valence-corrected chi connectivity index (χ1v) is 9.21. The van der Waals surface area contributed by atoms with E-state index >= 15 is 0 Å². The fourth-order valence-corrected chi connectivity index (χ4v) is 3.41. The molecule has 0 bridgehead atoms. The largest absolute Gasteiger partial charge is 0.384 e. The maximum absolute atomic E-state index is 14.3. The van der Waals surface area contributed by atoms with Crippen LogP contribution in [-0.2, 0) is 0 Å². The van der Waals surface area contributed by atoms with Gasteiger partial charge in [0.05, 0.1) is 6.54 Å². The minimum Gasteiger partial charge on any atom is -0.384 e. The minimum absolute atomic E-state index is 0.299. The zero-order chi connectivity index (χ0) is 19.0. The third-order valence-corrected chi connectivity index (χ3v) is 5.02. The van der Waals surface area contributed by atoms with Gasteiger partial charge in [-0.2, -0.15) is 0 Å². The second-order valence-corrected chi connectivity index (χ2v) is 7.11. The van der Waals surface area contributed by atoms with Crippen LogP contribution in [-0.4, -0.2) is 46.0 Å². The van der Waals surface area contributed by atoms with Crippen LogP contribution in [0.15, 0.2) is 35.5 Å². The Kier molecular flexibility index (Phi) is 4.51. The van der Waals surface area contributed by atoms with E-state index in [9.17, 15) is 4.39 Å². The topological polar surface area (TPSA) is 91.7 Å². The first-order chi connectivity index (χ1) is 13.1. The lowest BCUT2D eigenvalue weighted by molar-refractivity contribution is 0.418. The lowest BCUT2D eigenvalue weighted by Gasteiger charge is -2.32. The summed E-state index contributed by atoms with van der Waals surface area (Å²) in [5.41, 5.74) is 3.41. The van der Waals surface area contributed by atoms with E-state index < -0.39 is 0 Å². The quantitative estimate of drug-likeness (QED) is 0.484. The number of H-pyrrole nitrogens is 1. The number of amidine groups is 1. The molecule has 2 aliphatic rings. The van der Waals surface area contributed by atoms with Gasteiger partial charge in [0.15, 0.2) is 0 Å². The molecule has 1 aliphatic heterocycles.